The van der Waals surface area contributed by atoms with Gasteiger partial charge < -0.3 is 5.73 Å². The molecule has 2 aromatic rings. The number of aromatic nitrogens is 2. The summed E-state index contributed by atoms with van der Waals surface area (Å²) in [4.78, 5) is 1.93. The average molecular weight is 486 g/mol. The number of halogens is 8. The molecule has 0 spiro atoms. The third-order valence-electron chi connectivity index (χ3n) is 3.23. The number of hydrogen-bond donors (Lipinski definition) is 4. The van der Waals surface area contributed by atoms with Crippen LogP contribution >= 0.6 is 23.2 Å². The predicted molar refractivity (Wildman–Crippen MR) is 88.8 cm³/mol. The van der Waals surface area contributed by atoms with Crippen LogP contribution in [0.15, 0.2) is 22.0 Å². The molecule has 29 heavy (non-hydrogen) atoms. The molecule has 0 aliphatic carbocycles. The molecule has 2 rings (SSSR count). The summed E-state index contributed by atoms with van der Waals surface area (Å²) in [7, 11) is -6.05. The summed E-state index contributed by atoms with van der Waals surface area (Å²) < 4.78 is 100. The number of aromatic amines is 1. The van der Waals surface area contributed by atoms with Crippen LogP contribution in [-0.4, -0.2) is 35.2 Å². The van der Waals surface area contributed by atoms with Crippen molar-refractivity contribution in [3.63, 3.8) is 0 Å². The molecular formula is C12H7Cl2F6N5O3S. The second-order valence-electron chi connectivity index (χ2n) is 5.12. The van der Waals surface area contributed by atoms with Crippen molar-refractivity contribution >= 4 is 50.4 Å². The van der Waals surface area contributed by atoms with Gasteiger partial charge in [-0.25, -0.2) is 13.4 Å². The highest BCUT2D eigenvalue weighted by molar-refractivity contribution is 7.92. The van der Waals surface area contributed by atoms with E-state index in [1.54, 1.807) is 0 Å². The molecule has 17 heteroatoms. The number of nitrogens with zero attached hydrogens (tertiary/aromatic N) is 2. The lowest BCUT2D eigenvalue weighted by Gasteiger charge is -2.12. The molecule has 0 bridgehead atoms. The van der Waals surface area contributed by atoms with Gasteiger partial charge >= 0.3 is 11.7 Å². The van der Waals surface area contributed by atoms with Gasteiger partial charge in [0.2, 0.25) is 0 Å². The molecular weight excluding hydrogens is 479 g/mol. The topological polar surface area (TPSA) is 133 Å². The maximum Gasteiger partial charge on any atom is 0.502 e. The Kier molecular flexibility index (Phi) is 6.00. The standard InChI is InChI=1S/C12H7Cl2F6N5O3S/c13-4-1-3(11(15,16)17)2-5(14)6(4)22-10(25-26)7-8(9(21)24-23-7)29(27,28)12(18,19)20/h1-2,26H,(H,22,25)(H3,21,23,24). The van der Waals surface area contributed by atoms with Gasteiger partial charge in [-0.15, -0.1) is 0 Å². The Morgan fingerprint density at radius 3 is 2.10 bits per heavy atom. The molecule has 0 amide bonds. The number of benzene rings is 1. The van der Waals surface area contributed by atoms with Crippen LogP contribution in [-0.2, 0) is 16.0 Å². The highest BCUT2D eigenvalue weighted by Gasteiger charge is 2.50. The minimum absolute atomic E-state index is 0.413. The Labute approximate surface area is 167 Å². The van der Waals surface area contributed by atoms with E-state index in [1.165, 1.54) is 5.48 Å². The summed E-state index contributed by atoms with van der Waals surface area (Å²) >= 11 is 11.4. The highest BCUT2D eigenvalue weighted by atomic mass is 35.5. The number of hydroxylamine groups is 1. The smallest absolute Gasteiger partial charge is 0.381 e. The first-order chi connectivity index (χ1) is 13.1. The summed E-state index contributed by atoms with van der Waals surface area (Å²) in [5.74, 6) is -2.13. The number of H-pyrrole nitrogens is 1. The van der Waals surface area contributed by atoms with Crippen molar-refractivity contribution in [3.05, 3.63) is 33.4 Å². The summed E-state index contributed by atoms with van der Waals surface area (Å²) in [5.41, 5.74) is -2.24. The van der Waals surface area contributed by atoms with Crippen LogP contribution in [0.3, 0.4) is 0 Å². The highest BCUT2D eigenvalue weighted by Crippen LogP contribution is 2.41. The number of nitrogen functional groups attached to an aromatic ring is 1. The van der Waals surface area contributed by atoms with E-state index >= 15 is 0 Å². The van der Waals surface area contributed by atoms with Crippen LogP contribution in [0.4, 0.5) is 37.8 Å². The molecule has 0 aliphatic rings. The minimum Gasteiger partial charge on any atom is -0.381 e. The van der Waals surface area contributed by atoms with E-state index in [0.29, 0.717) is 12.1 Å². The zero-order chi connectivity index (χ0) is 22.4. The van der Waals surface area contributed by atoms with E-state index in [-0.39, 0.29) is 0 Å². The van der Waals surface area contributed by atoms with Crippen LogP contribution in [0, 0.1) is 0 Å². The molecule has 0 atom stereocenters. The van der Waals surface area contributed by atoms with Crippen LogP contribution in [0.25, 0.3) is 0 Å². The lowest BCUT2D eigenvalue weighted by molar-refractivity contribution is -0.137. The van der Waals surface area contributed by atoms with Crippen molar-refractivity contribution in [2.24, 2.45) is 4.99 Å². The summed E-state index contributed by atoms with van der Waals surface area (Å²) in [6.07, 6.45) is -4.82. The monoisotopic (exact) mass is 485 g/mol. The van der Waals surface area contributed by atoms with Crippen molar-refractivity contribution in [1.29, 1.82) is 0 Å². The largest absolute Gasteiger partial charge is 0.502 e. The first-order valence-corrected chi connectivity index (χ1v) is 9.05. The van der Waals surface area contributed by atoms with Gasteiger partial charge in [0.1, 0.15) is 16.3 Å². The van der Waals surface area contributed by atoms with E-state index in [1.807, 2.05) is 5.10 Å². The van der Waals surface area contributed by atoms with Crippen molar-refractivity contribution in [1.82, 2.24) is 15.7 Å². The van der Waals surface area contributed by atoms with Crippen LogP contribution in [0.5, 0.6) is 0 Å². The lowest BCUT2D eigenvalue weighted by atomic mass is 10.2. The molecule has 0 aliphatic heterocycles. The van der Waals surface area contributed by atoms with Crippen molar-refractivity contribution in [2.75, 3.05) is 5.73 Å². The molecule has 5 N–H and O–H groups in total. The lowest BCUT2D eigenvalue weighted by Crippen LogP contribution is -2.28. The number of sulfone groups is 1. The number of amidine groups is 1. The molecule has 0 radical (unpaired) electrons. The molecule has 0 saturated heterocycles. The van der Waals surface area contributed by atoms with E-state index in [9.17, 15) is 40.0 Å². The fraction of sp³-hybridized carbons (Fsp3) is 0.167. The predicted octanol–water partition coefficient (Wildman–Crippen LogP) is 3.67. The normalized spacial score (nSPS) is 13.6. The summed E-state index contributed by atoms with van der Waals surface area (Å²) in [5, 5.41) is 12.7. The Balaban J connectivity index is 2.71. The molecule has 0 fully saturated rings. The Hall–Kier alpha value is -2.23. The molecule has 160 valence electrons. The van der Waals surface area contributed by atoms with Gasteiger partial charge in [-0.3, -0.25) is 15.8 Å². The van der Waals surface area contributed by atoms with E-state index < -0.39 is 65.1 Å². The Bertz CT molecular complexity index is 1060. The number of anilines is 1. The number of hydrogen-bond acceptors (Lipinski definition) is 6. The first-order valence-electron chi connectivity index (χ1n) is 6.81. The van der Waals surface area contributed by atoms with Gasteiger partial charge in [0.15, 0.2) is 11.7 Å². The third kappa shape index (κ3) is 4.36. The number of nitrogens with one attached hydrogen (secondary N) is 2. The van der Waals surface area contributed by atoms with Gasteiger partial charge in [0.25, 0.3) is 9.84 Å². The second-order valence-corrected chi connectivity index (χ2v) is 7.81. The zero-order valence-corrected chi connectivity index (χ0v) is 15.7. The quantitative estimate of drug-likeness (QED) is 0.227. The summed E-state index contributed by atoms with van der Waals surface area (Å²) in [6, 6.07) is 0.825. The molecule has 0 unspecified atom stereocenters. The van der Waals surface area contributed by atoms with Crippen molar-refractivity contribution in [3.8, 4) is 0 Å². The Morgan fingerprint density at radius 2 is 1.69 bits per heavy atom. The van der Waals surface area contributed by atoms with E-state index in [2.05, 4.69) is 10.1 Å². The Morgan fingerprint density at radius 1 is 1.17 bits per heavy atom. The van der Waals surface area contributed by atoms with Crippen molar-refractivity contribution in [2.45, 2.75) is 16.6 Å². The van der Waals surface area contributed by atoms with E-state index in [0.717, 1.165) is 0 Å². The maximum absolute atomic E-state index is 12.9. The van der Waals surface area contributed by atoms with Gasteiger partial charge in [0.05, 0.1) is 15.6 Å². The van der Waals surface area contributed by atoms with Gasteiger partial charge in [-0.05, 0) is 12.1 Å². The minimum atomic E-state index is -6.05. The molecule has 0 saturated carbocycles. The van der Waals surface area contributed by atoms with Crippen molar-refractivity contribution < 1.29 is 40.0 Å². The third-order valence-corrected chi connectivity index (χ3v) is 5.37. The summed E-state index contributed by atoms with van der Waals surface area (Å²) in [6.45, 7) is 0. The average Bonchev–Trinajstić information content (AvgIpc) is 2.94. The van der Waals surface area contributed by atoms with Gasteiger partial charge in [-0.2, -0.15) is 31.4 Å². The molecule has 1 aromatic heterocycles. The maximum atomic E-state index is 12.9. The zero-order valence-electron chi connectivity index (χ0n) is 13.3. The van der Waals surface area contributed by atoms with Crippen LogP contribution in [0.1, 0.15) is 11.3 Å². The van der Waals surface area contributed by atoms with Crippen LogP contribution < -0.4 is 11.2 Å². The number of rotatable bonds is 3. The first kappa shape index (κ1) is 23.1. The molecule has 1 aromatic carbocycles. The fourth-order valence-electron chi connectivity index (χ4n) is 1.98. The number of nitrogens with two attached hydrogens (primary N) is 1. The number of alkyl halides is 6. The number of aliphatic imine (C=N–C) groups is 1. The fourth-order valence-corrected chi connectivity index (χ4v) is 3.51. The second kappa shape index (κ2) is 7.55. The van der Waals surface area contributed by atoms with E-state index in [4.69, 9.17) is 28.9 Å². The van der Waals surface area contributed by atoms with Crippen LogP contribution in [0.2, 0.25) is 10.0 Å². The van der Waals surface area contributed by atoms with Gasteiger partial charge in [0, 0.05) is 0 Å². The molecule has 1 heterocycles. The van der Waals surface area contributed by atoms with Gasteiger partial charge in [-0.1, -0.05) is 23.2 Å². The SMILES string of the molecule is Nc1n[nH]c(C(=Nc2c(Cl)cc(C(F)(F)F)cc2Cl)NO)c1S(=O)(=O)C(F)(F)F. The molecule has 8 nitrogen and oxygen atoms in total.